The van der Waals surface area contributed by atoms with E-state index in [-0.39, 0.29) is 25.4 Å². The van der Waals surface area contributed by atoms with Gasteiger partial charge in [0.05, 0.1) is 23.9 Å². The minimum atomic E-state index is -0.417. The molecule has 1 aliphatic rings. The van der Waals surface area contributed by atoms with Gasteiger partial charge in [0.25, 0.3) is 0 Å². The number of aliphatic imine (C=N–C) groups is 1. The minimum absolute atomic E-state index is 0.110. The second-order valence-corrected chi connectivity index (χ2v) is 5.70. The van der Waals surface area contributed by atoms with Crippen LogP contribution in [0.4, 0.5) is 10.1 Å². The Morgan fingerprint density at radius 1 is 1.25 bits per heavy atom. The van der Waals surface area contributed by atoms with Gasteiger partial charge in [-0.3, -0.25) is 9.79 Å². The molecule has 0 N–H and O–H groups in total. The van der Waals surface area contributed by atoms with Crippen molar-refractivity contribution in [2.75, 3.05) is 18.0 Å². The number of carbonyl (C=O) groups is 1. The van der Waals surface area contributed by atoms with Gasteiger partial charge in [0, 0.05) is 22.7 Å². The second kappa shape index (κ2) is 6.81. The fourth-order valence-electron chi connectivity index (χ4n) is 2.68. The molecule has 2 aromatic carbocycles. The molecule has 24 heavy (non-hydrogen) atoms. The van der Waals surface area contributed by atoms with Crippen molar-refractivity contribution >= 4 is 28.9 Å². The molecule has 0 saturated carbocycles. The normalized spacial score (nSPS) is 13.8. The highest BCUT2D eigenvalue weighted by molar-refractivity contribution is 6.32. The number of hydrogen-bond donors (Lipinski definition) is 0. The Hall–Kier alpha value is -2.71. The third-order valence-corrected chi connectivity index (χ3v) is 3.99. The first-order chi connectivity index (χ1) is 11.6. The number of nitriles is 1. The highest BCUT2D eigenvalue weighted by atomic mass is 35.5. The molecule has 0 fully saturated rings. The van der Waals surface area contributed by atoms with Crippen molar-refractivity contribution in [3.05, 3.63) is 64.4 Å². The summed E-state index contributed by atoms with van der Waals surface area (Å²) >= 11 is 6.11. The summed E-state index contributed by atoms with van der Waals surface area (Å²) in [6.45, 7) is 0.144. The van der Waals surface area contributed by atoms with E-state index in [1.165, 1.54) is 11.0 Å². The zero-order valence-corrected chi connectivity index (χ0v) is 13.4. The number of carbonyl (C=O) groups excluding carboxylic acids is 1. The molecule has 0 aromatic heterocycles. The number of halogens is 2. The highest BCUT2D eigenvalue weighted by Crippen LogP contribution is 2.30. The molecule has 1 heterocycles. The number of fused-ring (bicyclic) bond motifs is 1. The molecule has 0 bridgehead atoms. The summed E-state index contributed by atoms with van der Waals surface area (Å²) in [6, 6.07) is 13.3. The quantitative estimate of drug-likeness (QED) is 0.856. The molecule has 0 radical (unpaired) electrons. The molecule has 1 amide bonds. The molecule has 2 aromatic rings. The summed E-state index contributed by atoms with van der Waals surface area (Å²) in [5.74, 6) is -0.653. The van der Waals surface area contributed by atoms with Gasteiger partial charge in [-0.25, -0.2) is 4.39 Å². The maximum atomic E-state index is 14.2. The van der Waals surface area contributed by atoms with E-state index in [0.717, 1.165) is 0 Å². The van der Waals surface area contributed by atoms with E-state index in [2.05, 4.69) is 4.99 Å². The maximum absolute atomic E-state index is 14.2. The van der Waals surface area contributed by atoms with E-state index in [4.69, 9.17) is 16.9 Å². The molecule has 0 atom stereocenters. The molecule has 4 nitrogen and oxygen atoms in total. The average Bonchev–Trinajstić information content (AvgIpc) is 2.70. The van der Waals surface area contributed by atoms with Gasteiger partial charge >= 0.3 is 0 Å². The fourth-order valence-corrected chi connectivity index (χ4v) is 2.85. The summed E-state index contributed by atoms with van der Waals surface area (Å²) in [5, 5.41) is 9.29. The molecule has 6 heteroatoms. The van der Waals surface area contributed by atoms with Crippen molar-refractivity contribution in [2.24, 2.45) is 4.99 Å². The van der Waals surface area contributed by atoms with Gasteiger partial charge in [-0.2, -0.15) is 5.26 Å². The predicted molar refractivity (Wildman–Crippen MR) is 90.9 cm³/mol. The smallest absolute Gasteiger partial charge is 0.248 e. The first kappa shape index (κ1) is 16.2. The largest absolute Gasteiger partial charge is 0.309 e. The Morgan fingerprint density at radius 2 is 2.04 bits per heavy atom. The third-order valence-electron chi connectivity index (χ3n) is 3.75. The molecule has 0 unspecified atom stereocenters. The lowest BCUT2D eigenvalue weighted by molar-refractivity contribution is -0.117. The van der Waals surface area contributed by atoms with Crippen LogP contribution in [0.5, 0.6) is 0 Å². The maximum Gasteiger partial charge on any atom is 0.248 e. The molecule has 0 aliphatic carbocycles. The van der Waals surface area contributed by atoms with E-state index < -0.39 is 5.82 Å². The van der Waals surface area contributed by atoms with Crippen LogP contribution in [0.2, 0.25) is 5.02 Å². The van der Waals surface area contributed by atoms with Crippen LogP contribution < -0.4 is 4.90 Å². The number of hydrogen-bond acceptors (Lipinski definition) is 3. The van der Waals surface area contributed by atoms with Crippen LogP contribution in [-0.4, -0.2) is 24.7 Å². The van der Waals surface area contributed by atoms with Gasteiger partial charge in [0.15, 0.2) is 0 Å². The second-order valence-electron chi connectivity index (χ2n) is 5.26. The van der Waals surface area contributed by atoms with Crippen molar-refractivity contribution in [1.29, 1.82) is 5.26 Å². The molecule has 120 valence electrons. The molecule has 0 spiro atoms. The molecule has 0 saturated heterocycles. The van der Waals surface area contributed by atoms with E-state index in [1.807, 2.05) is 6.07 Å². The number of benzodiazepines with no additional fused rings is 1. The summed E-state index contributed by atoms with van der Waals surface area (Å²) in [4.78, 5) is 18.2. The Bertz CT molecular complexity index is 873. The van der Waals surface area contributed by atoms with E-state index in [9.17, 15) is 9.18 Å². The van der Waals surface area contributed by atoms with Gasteiger partial charge in [0.2, 0.25) is 5.91 Å². The van der Waals surface area contributed by atoms with Gasteiger partial charge in [0.1, 0.15) is 12.4 Å². The van der Waals surface area contributed by atoms with Gasteiger partial charge in [-0.1, -0.05) is 23.7 Å². The number of benzene rings is 2. The lowest BCUT2D eigenvalue weighted by Crippen LogP contribution is -2.33. The third kappa shape index (κ3) is 3.01. The Morgan fingerprint density at radius 3 is 2.79 bits per heavy atom. The van der Waals surface area contributed by atoms with Crippen molar-refractivity contribution in [1.82, 2.24) is 0 Å². The average molecular weight is 342 g/mol. The lowest BCUT2D eigenvalue weighted by Gasteiger charge is -2.22. The number of rotatable bonds is 3. The summed E-state index contributed by atoms with van der Waals surface area (Å²) in [7, 11) is 0. The Balaban J connectivity index is 2.18. The van der Waals surface area contributed by atoms with Crippen molar-refractivity contribution in [3.63, 3.8) is 0 Å². The van der Waals surface area contributed by atoms with E-state index >= 15 is 0 Å². The highest BCUT2D eigenvalue weighted by Gasteiger charge is 2.26. The van der Waals surface area contributed by atoms with Crippen LogP contribution in [0, 0.1) is 17.1 Å². The molecular formula is C18H13ClFN3O. The van der Waals surface area contributed by atoms with Crippen LogP contribution in [0.3, 0.4) is 0 Å². The number of nitrogens with zero attached hydrogens (tertiary/aromatic N) is 3. The molecule has 3 rings (SSSR count). The fraction of sp³-hybridized carbons (Fsp3) is 0.167. The van der Waals surface area contributed by atoms with Crippen molar-refractivity contribution < 1.29 is 9.18 Å². The minimum Gasteiger partial charge on any atom is -0.309 e. The predicted octanol–water partition coefficient (Wildman–Crippen LogP) is 3.58. The zero-order chi connectivity index (χ0) is 17.1. The van der Waals surface area contributed by atoms with Gasteiger partial charge in [-0.15, -0.1) is 0 Å². The first-order valence-corrected chi connectivity index (χ1v) is 7.76. The number of amides is 1. The Kier molecular flexibility index (Phi) is 4.59. The number of anilines is 1. The van der Waals surface area contributed by atoms with Gasteiger partial charge in [-0.05, 0) is 30.3 Å². The summed E-state index contributed by atoms with van der Waals surface area (Å²) in [6.07, 6.45) is 0.197. The van der Waals surface area contributed by atoms with Crippen LogP contribution in [0.15, 0.2) is 47.5 Å². The van der Waals surface area contributed by atoms with E-state index in [1.54, 1.807) is 36.4 Å². The monoisotopic (exact) mass is 341 g/mol. The van der Waals surface area contributed by atoms with Crippen LogP contribution >= 0.6 is 11.6 Å². The SMILES string of the molecule is N#CCCN1C(=O)CN=C(c2ccccc2F)c2cc(Cl)ccc21. The van der Waals surface area contributed by atoms with Crippen LogP contribution in [0.1, 0.15) is 17.5 Å². The summed E-state index contributed by atoms with van der Waals surface area (Å²) < 4.78 is 14.2. The van der Waals surface area contributed by atoms with Crippen molar-refractivity contribution in [2.45, 2.75) is 6.42 Å². The molecule has 1 aliphatic heterocycles. The van der Waals surface area contributed by atoms with Crippen molar-refractivity contribution in [3.8, 4) is 6.07 Å². The lowest BCUT2D eigenvalue weighted by atomic mass is 9.99. The van der Waals surface area contributed by atoms with E-state index in [0.29, 0.717) is 27.5 Å². The molecular weight excluding hydrogens is 329 g/mol. The van der Waals surface area contributed by atoms with Crippen LogP contribution in [-0.2, 0) is 4.79 Å². The van der Waals surface area contributed by atoms with Gasteiger partial charge < -0.3 is 4.90 Å². The Labute approximate surface area is 143 Å². The summed E-state index contributed by atoms with van der Waals surface area (Å²) in [5.41, 5.74) is 1.87. The van der Waals surface area contributed by atoms with Crippen LogP contribution in [0.25, 0.3) is 0 Å². The zero-order valence-electron chi connectivity index (χ0n) is 12.7. The topological polar surface area (TPSA) is 56.5 Å². The standard InChI is InChI=1S/C18H13ClFN3O/c19-12-6-7-16-14(10-12)18(13-4-1-2-5-15(13)20)22-11-17(24)23(16)9-3-8-21/h1-2,4-7,10H,3,9,11H2. The first-order valence-electron chi connectivity index (χ1n) is 7.38.